The van der Waals surface area contributed by atoms with Gasteiger partial charge in [0.1, 0.15) is 0 Å². The van der Waals surface area contributed by atoms with E-state index in [1.54, 1.807) is 0 Å². The summed E-state index contributed by atoms with van der Waals surface area (Å²) in [5.74, 6) is 0. The van der Waals surface area contributed by atoms with Crippen LogP contribution in [0.15, 0.2) is 12.3 Å². The Labute approximate surface area is 76.9 Å². The van der Waals surface area contributed by atoms with E-state index >= 15 is 0 Å². The molecule has 0 bridgehead atoms. The van der Waals surface area contributed by atoms with Crippen molar-refractivity contribution in [2.75, 3.05) is 5.73 Å². The molecule has 12 heavy (non-hydrogen) atoms. The van der Waals surface area contributed by atoms with Crippen molar-refractivity contribution in [3.05, 3.63) is 23.5 Å². The molecular weight excluding hydrogens is 230 g/mol. The molecule has 1 heterocycles. The summed E-state index contributed by atoms with van der Waals surface area (Å²) in [5.41, 5.74) is 5.79. The summed E-state index contributed by atoms with van der Waals surface area (Å²) in [4.78, 5) is 3.83. The van der Waals surface area contributed by atoms with Crippen molar-refractivity contribution in [2.45, 2.75) is 11.8 Å². The minimum atomic E-state index is -2.54. The molecule has 0 aliphatic rings. The summed E-state index contributed by atoms with van der Waals surface area (Å²) < 4.78 is 24.4. The van der Waals surface area contributed by atoms with E-state index in [1.165, 1.54) is 12.3 Å². The second kappa shape index (κ2) is 3.80. The van der Waals surface area contributed by atoms with Crippen LogP contribution < -0.4 is 5.73 Å². The third kappa shape index (κ3) is 1.72. The number of anilines is 1. The third-order valence-corrected chi connectivity index (χ3v) is 2.00. The molecule has 0 amide bonds. The minimum absolute atomic E-state index is 0.0735. The Kier molecular flexibility index (Phi) is 2.97. The molecule has 0 aromatic carbocycles. The Morgan fingerprint density at radius 3 is 2.75 bits per heavy atom. The topological polar surface area (TPSA) is 38.9 Å². The first-order chi connectivity index (χ1) is 5.66. The molecule has 0 unspecified atom stereocenters. The average molecular weight is 237 g/mol. The molecule has 5 heteroatoms. The fourth-order valence-electron chi connectivity index (χ4n) is 0.830. The fraction of sp³-hybridized carbons (Fsp3) is 0.286. The van der Waals surface area contributed by atoms with Gasteiger partial charge in [-0.2, -0.15) is 0 Å². The summed E-state index contributed by atoms with van der Waals surface area (Å²) in [6, 6.07) is 1.23. The molecule has 2 nitrogen and oxygen atoms in total. The maximum atomic E-state index is 12.2. The molecule has 0 spiro atoms. The summed E-state index contributed by atoms with van der Waals surface area (Å²) in [5, 5.41) is 0.388. The minimum Gasteiger partial charge on any atom is -0.397 e. The van der Waals surface area contributed by atoms with Crippen LogP contribution in [0.3, 0.4) is 0 Å². The lowest BCUT2D eigenvalue weighted by atomic mass is 10.2. The van der Waals surface area contributed by atoms with Gasteiger partial charge in [-0.1, -0.05) is 15.9 Å². The van der Waals surface area contributed by atoms with Crippen molar-refractivity contribution in [1.29, 1.82) is 0 Å². The van der Waals surface area contributed by atoms with Crippen LogP contribution in [0.25, 0.3) is 0 Å². The predicted octanol–water partition coefficient (Wildman–Crippen LogP) is 2.50. The van der Waals surface area contributed by atoms with Gasteiger partial charge >= 0.3 is 0 Å². The van der Waals surface area contributed by atoms with Crippen molar-refractivity contribution < 1.29 is 8.78 Å². The van der Waals surface area contributed by atoms with E-state index in [4.69, 9.17) is 5.73 Å². The van der Waals surface area contributed by atoms with Crippen molar-refractivity contribution in [2.24, 2.45) is 0 Å². The van der Waals surface area contributed by atoms with Crippen molar-refractivity contribution in [1.82, 2.24) is 4.98 Å². The molecule has 66 valence electrons. The molecule has 0 atom stereocenters. The van der Waals surface area contributed by atoms with Gasteiger partial charge in [0.25, 0.3) is 6.43 Å². The number of hydrogen-bond acceptors (Lipinski definition) is 2. The van der Waals surface area contributed by atoms with Gasteiger partial charge < -0.3 is 5.73 Å². The first kappa shape index (κ1) is 9.38. The molecular formula is C7H7BrF2N2. The summed E-state index contributed by atoms with van der Waals surface area (Å²) in [6.07, 6.45) is -1.21. The Hall–Kier alpha value is -0.710. The van der Waals surface area contributed by atoms with E-state index in [-0.39, 0.29) is 11.3 Å². The van der Waals surface area contributed by atoms with Crippen molar-refractivity contribution in [3.8, 4) is 0 Å². The number of hydrogen-bond donors (Lipinski definition) is 1. The van der Waals surface area contributed by atoms with Crippen LogP contribution in [0.1, 0.15) is 17.7 Å². The van der Waals surface area contributed by atoms with Crippen LogP contribution >= 0.6 is 15.9 Å². The van der Waals surface area contributed by atoms with E-state index in [1.807, 2.05) is 0 Å². The fourth-order valence-corrected chi connectivity index (χ4v) is 1.28. The zero-order valence-corrected chi connectivity index (χ0v) is 7.68. The molecule has 0 fully saturated rings. The number of pyridine rings is 1. The Bertz CT molecular complexity index is 278. The van der Waals surface area contributed by atoms with E-state index in [0.29, 0.717) is 11.0 Å². The number of nitrogens with two attached hydrogens (primary N) is 1. The van der Waals surface area contributed by atoms with Crippen LogP contribution in [0, 0.1) is 0 Å². The highest BCUT2D eigenvalue weighted by Crippen LogP contribution is 2.26. The van der Waals surface area contributed by atoms with Gasteiger partial charge in [-0.25, -0.2) is 8.78 Å². The Morgan fingerprint density at radius 2 is 2.25 bits per heavy atom. The highest BCUT2D eigenvalue weighted by molar-refractivity contribution is 9.08. The molecule has 0 saturated carbocycles. The summed E-state index contributed by atoms with van der Waals surface area (Å²) >= 11 is 3.10. The lowest BCUT2D eigenvalue weighted by Gasteiger charge is -2.06. The lowest BCUT2D eigenvalue weighted by Crippen LogP contribution is -2.00. The number of aromatic nitrogens is 1. The van der Waals surface area contributed by atoms with Crippen LogP contribution in [-0.4, -0.2) is 4.98 Å². The van der Waals surface area contributed by atoms with Crippen LogP contribution in [0.4, 0.5) is 14.5 Å². The molecule has 1 aromatic rings. The van der Waals surface area contributed by atoms with E-state index in [9.17, 15) is 8.78 Å². The van der Waals surface area contributed by atoms with Gasteiger partial charge in [0.2, 0.25) is 0 Å². The van der Waals surface area contributed by atoms with Crippen LogP contribution in [0.2, 0.25) is 0 Å². The van der Waals surface area contributed by atoms with Gasteiger partial charge in [-0.05, 0) is 6.07 Å². The Balaban J connectivity index is 3.14. The largest absolute Gasteiger partial charge is 0.397 e. The molecule has 1 rings (SSSR count). The lowest BCUT2D eigenvalue weighted by molar-refractivity contribution is 0.152. The normalized spacial score (nSPS) is 10.7. The number of halogens is 3. The Morgan fingerprint density at radius 1 is 1.58 bits per heavy atom. The van der Waals surface area contributed by atoms with E-state index < -0.39 is 6.43 Å². The molecule has 2 N–H and O–H groups in total. The average Bonchev–Trinajstić information content (AvgIpc) is 2.04. The number of rotatable bonds is 2. The van der Waals surface area contributed by atoms with Gasteiger partial charge in [-0.15, -0.1) is 0 Å². The van der Waals surface area contributed by atoms with Gasteiger partial charge in [0.15, 0.2) is 0 Å². The number of alkyl halides is 3. The smallest absolute Gasteiger partial charge is 0.265 e. The summed E-state index contributed by atoms with van der Waals surface area (Å²) in [6.45, 7) is 0. The SMILES string of the molecule is Nc1c(C(F)F)ccnc1CBr. The highest BCUT2D eigenvalue weighted by Gasteiger charge is 2.13. The standard InChI is InChI=1S/C7H7BrF2N2/c8-3-5-6(11)4(7(9)10)1-2-12-5/h1-2,7H,3,11H2. The second-order valence-corrected chi connectivity index (χ2v) is 2.76. The zero-order valence-electron chi connectivity index (χ0n) is 6.10. The van der Waals surface area contributed by atoms with E-state index in [2.05, 4.69) is 20.9 Å². The third-order valence-electron chi connectivity index (χ3n) is 1.47. The molecule has 0 radical (unpaired) electrons. The van der Waals surface area contributed by atoms with Gasteiger partial charge in [0.05, 0.1) is 11.4 Å². The van der Waals surface area contributed by atoms with Crippen LogP contribution in [0.5, 0.6) is 0 Å². The van der Waals surface area contributed by atoms with Gasteiger partial charge in [0, 0.05) is 17.1 Å². The maximum absolute atomic E-state index is 12.2. The van der Waals surface area contributed by atoms with E-state index in [0.717, 1.165) is 0 Å². The van der Waals surface area contributed by atoms with Gasteiger partial charge in [-0.3, -0.25) is 4.98 Å². The maximum Gasteiger partial charge on any atom is 0.265 e. The molecule has 0 aliphatic carbocycles. The van der Waals surface area contributed by atoms with Crippen LogP contribution in [-0.2, 0) is 5.33 Å². The molecule has 1 aromatic heterocycles. The highest BCUT2D eigenvalue weighted by atomic mass is 79.9. The molecule has 0 saturated heterocycles. The summed E-state index contributed by atoms with van der Waals surface area (Å²) in [7, 11) is 0. The van der Waals surface area contributed by atoms with Crippen molar-refractivity contribution >= 4 is 21.6 Å². The quantitative estimate of drug-likeness (QED) is 0.802. The number of nitrogens with zero attached hydrogens (tertiary/aromatic N) is 1. The first-order valence-corrected chi connectivity index (χ1v) is 4.36. The monoisotopic (exact) mass is 236 g/mol. The number of nitrogen functional groups attached to an aromatic ring is 1. The predicted molar refractivity (Wildman–Crippen MR) is 46.2 cm³/mol. The second-order valence-electron chi connectivity index (χ2n) is 2.19. The molecule has 0 aliphatic heterocycles. The van der Waals surface area contributed by atoms with Crippen molar-refractivity contribution in [3.63, 3.8) is 0 Å². The zero-order chi connectivity index (χ0) is 9.14. The first-order valence-electron chi connectivity index (χ1n) is 3.24.